The minimum Gasteiger partial charge on any atom is -0.312 e. The zero-order chi connectivity index (χ0) is 17.4. The summed E-state index contributed by atoms with van der Waals surface area (Å²) in [6.45, 7) is 2.72. The van der Waals surface area contributed by atoms with Crippen molar-refractivity contribution < 1.29 is 8.42 Å². The Balaban J connectivity index is 1.63. The van der Waals surface area contributed by atoms with Crippen LogP contribution in [0.15, 0.2) is 41.3 Å². The van der Waals surface area contributed by atoms with Crippen LogP contribution in [0.2, 0.25) is 5.02 Å². The quantitative estimate of drug-likeness (QED) is 0.875. The fraction of sp³-hybridized carbons (Fsp3) is 0.474. The molecule has 4 nitrogen and oxygen atoms in total. The summed E-state index contributed by atoms with van der Waals surface area (Å²) in [4.78, 5) is 1.58. The van der Waals surface area contributed by atoms with Gasteiger partial charge in [-0.15, -0.1) is 0 Å². The summed E-state index contributed by atoms with van der Waals surface area (Å²) in [6, 6.07) is 10.8. The van der Waals surface area contributed by atoms with E-state index in [9.17, 15) is 8.42 Å². The number of sulfone groups is 1. The van der Waals surface area contributed by atoms with Gasteiger partial charge in [-0.25, -0.2) is 8.42 Å². The molecule has 3 saturated heterocycles. The van der Waals surface area contributed by atoms with Crippen LogP contribution in [0, 0.1) is 17.8 Å². The van der Waals surface area contributed by atoms with Crippen LogP contribution in [0.4, 0.5) is 0 Å². The van der Waals surface area contributed by atoms with Crippen LogP contribution in [-0.2, 0) is 9.84 Å². The number of rotatable bonds is 2. The van der Waals surface area contributed by atoms with Crippen LogP contribution in [0.1, 0.15) is 12.8 Å². The van der Waals surface area contributed by atoms with Gasteiger partial charge in [-0.05, 0) is 42.3 Å². The van der Waals surface area contributed by atoms with Crippen LogP contribution in [0.5, 0.6) is 0 Å². The number of fused-ring (bicyclic) bond motifs is 1. The number of hydrogen-bond acceptors (Lipinski definition) is 4. The van der Waals surface area contributed by atoms with E-state index < -0.39 is 14.7 Å². The van der Waals surface area contributed by atoms with Crippen molar-refractivity contribution >= 4 is 32.2 Å². The molecule has 25 heavy (non-hydrogen) atoms. The number of benzene rings is 2. The summed E-state index contributed by atoms with van der Waals surface area (Å²) in [5.74, 6) is 0.664. The molecule has 2 aromatic rings. The van der Waals surface area contributed by atoms with Gasteiger partial charge >= 0.3 is 0 Å². The van der Waals surface area contributed by atoms with Crippen LogP contribution in [0.25, 0.3) is 10.8 Å². The Morgan fingerprint density at radius 2 is 1.80 bits per heavy atom. The van der Waals surface area contributed by atoms with Gasteiger partial charge in [-0.3, -0.25) is 0 Å². The van der Waals surface area contributed by atoms with Gasteiger partial charge in [0.1, 0.15) is 4.87 Å². The second kappa shape index (κ2) is 5.19. The summed E-state index contributed by atoms with van der Waals surface area (Å²) in [7, 11) is -3.62. The fourth-order valence-electron chi connectivity index (χ4n) is 5.43. The highest BCUT2D eigenvalue weighted by Crippen LogP contribution is 2.52. The molecule has 2 unspecified atom stereocenters. The first-order valence-electron chi connectivity index (χ1n) is 8.84. The van der Waals surface area contributed by atoms with E-state index in [1.807, 2.05) is 18.2 Å². The van der Waals surface area contributed by atoms with Crippen molar-refractivity contribution in [3.63, 3.8) is 0 Å². The Hall–Kier alpha value is -1.14. The zero-order valence-corrected chi connectivity index (χ0v) is 15.4. The Morgan fingerprint density at radius 3 is 2.48 bits per heavy atom. The number of halogens is 1. The molecule has 1 saturated carbocycles. The summed E-state index contributed by atoms with van der Waals surface area (Å²) >= 11 is 6.22. The van der Waals surface area contributed by atoms with Crippen molar-refractivity contribution in [3.8, 4) is 0 Å². The molecule has 2 N–H and O–H groups in total. The molecule has 3 aliphatic heterocycles. The average Bonchev–Trinajstić information content (AvgIpc) is 2.58. The molecule has 1 aliphatic carbocycles. The molecule has 132 valence electrons. The number of piperidine rings is 3. The van der Waals surface area contributed by atoms with Gasteiger partial charge in [0, 0.05) is 41.9 Å². The van der Waals surface area contributed by atoms with Gasteiger partial charge in [0.15, 0.2) is 9.84 Å². The Kier molecular flexibility index (Phi) is 3.34. The maximum atomic E-state index is 13.6. The van der Waals surface area contributed by atoms with Gasteiger partial charge in [0.05, 0.1) is 4.90 Å². The summed E-state index contributed by atoms with van der Waals surface area (Å²) in [5.41, 5.74) is 6.73. The highest BCUT2D eigenvalue weighted by molar-refractivity contribution is 7.92. The topological polar surface area (TPSA) is 63.4 Å². The number of hydrogen-bond donors (Lipinski definition) is 1. The first-order valence-corrected chi connectivity index (χ1v) is 10.7. The lowest BCUT2D eigenvalue weighted by molar-refractivity contribution is -0.0485. The van der Waals surface area contributed by atoms with Crippen LogP contribution in [-0.4, -0.2) is 37.8 Å². The van der Waals surface area contributed by atoms with Crippen molar-refractivity contribution in [3.05, 3.63) is 41.4 Å². The summed E-state index contributed by atoms with van der Waals surface area (Å²) in [5, 5.41) is 2.33. The lowest BCUT2D eigenvalue weighted by Crippen LogP contribution is -2.73. The molecule has 6 rings (SSSR count). The summed E-state index contributed by atoms with van der Waals surface area (Å²) in [6.07, 6.45) is 1.87. The van der Waals surface area contributed by atoms with Crippen LogP contribution >= 0.6 is 11.6 Å². The van der Waals surface area contributed by atoms with Gasteiger partial charge in [-0.1, -0.05) is 29.8 Å². The summed E-state index contributed by atoms with van der Waals surface area (Å²) < 4.78 is 27.2. The van der Waals surface area contributed by atoms with Crippen molar-refractivity contribution in [2.75, 3.05) is 19.6 Å². The van der Waals surface area contributed by atoms with E-state index in [0.717, 1.165) is 43.2 Å². The molecule has 0 amide bonds. The van der Waals surface area contributed by atoms with Crippen molar-refractivity contribution in [1.29, 1.82) is 0 Å². The molecule has 0 radical (unpaired) electrons. The second-order valence-corrected chi connectivity index (χ2v) is 10.5. The average molecular weight is 377 g/mol. The molecule has 4 fully saturated rings. The minimum absolute atomic E-state index is 0.0267. The van der Waals surface area contributed by atoms with Gasteiger partial charge in [0.25, 0.3) is 0 Å². The van der Waals surface area contributed by atoms with Crippen molar-refractivity contribution in [2.45, 2.75) is 22.6 Å². The number of nitrogens with two attached hydrogens (primary N) is 1. The molecule has 4 bridgehead atoms. The van der Waals surface area contributed by atoms with Gasteiger partial charge < -0.3 is 10.6 Å². The normalized spacial score (nSPS) is 36.9. The minimum atomic E-state index is -3.62. The van der Waals surface area contributed by atoms with Gasteiger partial charge in [0.2, 0.25) is 0 Å². The molecule has 4 aliphatic rings. The smallest absolute Gasteiger partial charge is 0.197 e. The van der Waals surface area contributed by atoms with Gasteiger partial charge in [-0.2, -0.15) is 0 Å². The SMILES string of the molecule is NC1(S(=O)(=O)c2ccc3c(Cl)cccc3c2)C2CC3CC1CN(C3)C2. The van der Waals surface area contributed by atoms with Crippen LogP contribution in [0.3, 0.4) is 0 Å². The predicted molar refractivity (Wildman–Crippen MR) is 99.2 cm³/mol. The lowest BCUT2D eigenvalue weighted by Gasteiger charge is -2.59. The highest BCUT2D eigenvalue weighted by atomic mass is 35.5. The zero-order valence-electron chi connectivity index (χ0n) is 13.9. The predicted octanol–water partition coefficient (Wildman–Crippen LogP) is 2.89. The molecule has 0 aromatic heterocycles. The van der Waals surface area contributed by atoms with Crippen molar-refractivity contribution in [2.24, 2.45) is 23.5 Å². The standard InChI is InChI=1S/C19H21ClN2O2S/c20-18-3-1-2-13-8-16(4-5-17(13)18)25(23,24)19(21)14-6-12-7-15(19)11-22(9-12)10-14/h1-5,8,12,14-15H,6-7,9-11,21H2. The monoisotopic (exact) mass is 376 g/mol. The Labute approximate surface area is 152 Å². The first kappa shape index (κ1) is 16.1. The van der Waals surface area contributed by atoms with E-state index in [1.165, 1.54) is 0 Å². The van der Waals surface area contributed by atoms with E-state index in [0.29, 0.717) is 15.8 Å². The third-order valence-electron chi connectivity index (χ3n) is 6.56. The number of nitrogens with zero attached hydrogens (tertiary/aromatic N) is 1. The Bertz CT molecular complexity index is 945. The first-order chi connectivity index (χ1) is 11.9. The largest absolute Gasteiger partial charge is 0.312 e. The molecular formula is C19H21ClN2O2S. The molecular weight excluding hydrogens is 356 g/mol. The fourth-order valence-corrected chi connectivity index (χ4v) is 7.83. The maximum Gasteiger partial charge on any atom is 0.197 e. The van der Waals surface area contributed by atoms with E-state index in [-0.39, 0.29) is 11.8 Å². The third kappa shape index (κ3) is 2.10. The molecule has 3 heterocycles. The molecule has 2 aromatic carbocycles. The second-order valence-electron chi connectivity index (χ2n) is 7.93. The van der Waals surface area contributed by atoms with E-state index >= 15 is 0 Å². The van der Waals surface area contributed by atoms with Crippen LogP contribution < -0.4 is 5.73 Å². The maximum absolute atomic E-state index is 13.6. The molecule has 6 heteroatoms. The Morgan fingerprint density at radius 1 is 1.08 bits per heavy atom. The lowest BCUT2D eigenvalue weighted by atomic mass is 9.65. The molecule has 2 atom stereocenters. The van der Waals surface area contributed by atoms with E-state index in [2.05, 4.69) is 4.90 Å². The highest BCUT2D eigenvalue weighted by Gasteiger charge is 2.61. The van der Waals surface area contributed by atoms with E-state index in [1.54, 1.807) is 18.2 Å². The van der Waals surface area contributed by atoms with E-state index in [4.69, 9.17) is 17.3 Å². The molecule has 0 spiro atoms. The van der Waals surface area contributed by atoms with Crippen molar-refractivity contribution in [1.82, 2.24) is 4.90 Å². The third-order valence-corrected chi connectivity index (χ3v) is 9.36.